The van der Waals surface area contributed by atoms with Crippen LogP contribution in [-0.4, -0.2) is 11.9 Å². The number of nitrogens with zero attached hydrogens (tertiary/aromatic N) is 1. The molecule has 1 heterocycles. The van der Waals surface area contributed by atoms with Crippen molar-refractivity contribution < 1.29 is 18.7 Å². The number of rotatable bonds is 7. The highest BCUT2D eigenvalue weighted by Crippen LogP contribution is 2.20. The molecule has 0 aliphatic rings. The summed E-state index contributed by atoms with van der Waals surface area (Å²) in [6.07, 6.45) is 0. The summed E-state index contributed by atoms with van der Waals surface area (Å²) in [5.74, 6) is 0.694. The molecule has 0 spiro atoms. The highest BCUT2D eigenvalue weighted by molar-refractivity contribution is 5.91. The minimum atomic E-state index is -0.641. The summed E-state index contributed by atoms with van der Waals surface area (Å²) >= 11 is 0. The van der Waals surface area contributed by atoms with Crippen molar-refractivity contribution in [3.8, 4) is 11.8 Å². The molecule has 1 atom stereocenters. The predicted octanol–water partition coefficient (Wildman–Crippen LogP) is 3.71. The molecule has 8 heteroatoms. The second-order valence-corrected chi connectivity index (χ2v) is 6.47. The zero-order valence-corrected chi connectivity index (χ0v) is 16.2. The van der Waals surface area contributed by atoms with Gasteiger partial charge in [-0.25, -0.2) is 4.79 Å². The van der Waals surface area contributed by atoms with Crippen molar-refractivity contribution in [2.24, 2.45) is 5.73 Å². The number of primary amides is 1. The number of nitrogens with two attached hydrogens (primary N) is 1. The van der Waals surface area contributed by atoms with Gasteiger partial charge >= 0.3 is 6.03 Å². The van der Waals surface area contributed by atoms with Gasteiger partial charge in [0.2, 0.25) is 0 Å². The molecule has 0 aliphatic heterocycles. The third-order valence-corrected chi connectivity index (χ3v) is 4.29. The molecule has 4 N–H and O–H groups in total. The summed E-state index contributed by atoms with van der Waals surface area (Å²) in [4.78, 5) is 23.3. The molecule has 0 fully saturated rings. The second-order valence-electron chi connectivity index (χ2n) is 6.47. The normalized spacial score (nSPS) is 11.2. The minimum Gasteiger partial charge on any atom is -0.484 e. The van der Waals surface area contributed by atoms with E-state index >= 15 is 0 Å². The molecule has 3 amide bonds. The number of nitriles is 1. The van der Waals surface area contributed by atoms with Crippen LogP contribution in [0.5, 0.6) is 5.75 Å². The number of carbonyl (C=O) groups is 2. The van der Waals surface area contributed by atoms with Crippen LogP contribution in [0.1, 0.15) is 40.4 Å². The Morgan fingerprint density at radius 3 is 2.57 bits per heavy atom. The summed E-state index contributed by atoms with van der Waals surface area (Å²) in [7, 11) is 0. The van der Waals surface area contributed by atoms with Gasteiger partial charge in [-0.15, -0.1) is 0 Å². The maximum absolute atomic E-state index is 12.5. The van der Waals surface area contributed by atoms with E-state index in [1.165, 1.54) is 0 Å². The molecule has 0 saturated carbocycles. The Kier molecular flexibility index (Phi) is 6.35. The molecule has 30 heavy (non-hydrogen) atoms. The Labute approximate surface area is 173 Å². The third kappa shape index (κ3) is 5.17. The number of ether oxygens (including phenoxy) is 1. The molecule has 8 nitrogen and oxygen atoms in total. The van der Waals surface area contributed by atoms with Crippen LogP contribution in [0, 0.1) is 11.3 Å². The van der Waals surface area contributed by atoms with Gasteiger partial charge in [0.1, 0.15) is 24.2 Å². The number of para-hydroxylation sites is 1. The molecule has 0 saturated heterocycles. The number of anilines is 1. The first kappa shape index (κ1) is 20.5. The fourth-order valence-corrected chi connectivity index (χ4v) is 2.76. The molecule has 0 radical (unpaired) electrons. The average Bonchev–Trinajstić information content (AvgIpc) is 3.21. The van der Waals surface area contributed by atoms with Gasteiger partial charge in [0.25, 0.3) is 5.91 Å². The van der Waals surface area contributed by atoms with Crippen molar-refractivity contribution >= 4 is 17.6 Å². The number of urea groups is 1. The zero-order valence-electron chi connectivity index (χ0n) is 16.2. The van der Waals surface area contributed by atoms with Crippen molar-refractivity contribution in [1.29, 1.82) is 5.26 Å². The predicted molar refractivity (Wildman–Crippen MR) is 110 cm³/mol. The van der Waals surface area contributed by atoms with Gasteiger partial charge in [-0.2, -0.15) is 5.26 Å². The summed E-state index contributed by atoms with van der Waals surface area (Å²) in [6, 6.07) is 18.2. The van der Waals surface area contributed by atoms with Gasteiger partial charge < -0.3 is 25.5 Å². The Balaban J connectivity index is 1.58. The van der Waals surface area contributed by atoms with Crippen molar-refractivity contribution in [1.82, 2.24) is 5.32 Å². The van der Waals surface area contributed by atoms with E-state index in [-0.39, 0.29) is 24.3 Å². The maximum atomic E-state index is 12.5. The van der Waals surface area contributed by atoms with Gasteiger partial charge in [0.05, 0.1) is 11.6 Å². The molecule has 1 aromatic heterocycles. The number of benzene rings is 2. The fourth-order valence-electron chi connectivity index (χ4n) is 2.76. The van der Waals surface area contributed by atoms with Gasteiger partial charge in [0, 0.05) is 5.69 Å². The quantitative estimate of drug-likeness (QED) is 0.552. The first-order chi connectivity index (χ1) is 14.5. The van der Waals surface area contributed by atoms with E-state index in [0.717, 1.165) is 5.56 Å². The third-order valence-electron chi connectivity index (χ3n) is 4.29. The smallest absolute Gasteiger partial charge is 0.316 e. The monoisotopic (exact) mass is 404 g/mol. The molecule has 3 rings (SSSR count). The number of amides is 3. The molecular formula is C22H20N4O4. The lowest BCUT2D eigenvalue weighted by Gasteiger charge is -2.14. The lowest BCUT2D eigenvalue weighted by molar-refractivity contribution is 0.0907. The highest BCUT2D eigenvalue weighted by Gasteiger charge is 2.16. The van der Waals surface area contributed by atoms with Gasteiger partial charge in [-0.1, -0.05) is 24.3 Å². The molecule has 0 bridgehead atoms. The minimum absolute atomic E-state index is 0.0931. The number of hydrogen-bond donors (Lipinski definition) is 3. The van der Waals surface area contributed by atoms with Gasteiger partial charge in [-0.05, 0) is 48.9 Å². The lowest BCUT2D eigenvalue weighted by Crippen LogP contribution is -2.26. The average molecular weight is 404 g/mol. The molecule has 1 unspecified atom stereocenters. The van der Waals surface area contributed by atoms with Crippen molar-refractivity contribution in [2.45, 2.75) is 19.6 Å². The van der Waals surface area contributed by atoms with Crippen molar-refractivity contribution in [3.63, 3.8) is 0 Å². The topological polar surface area (TPSA) is 130 Å². The van der Waals surface area contributed by atoms with Crippen LogP contribution in [0.15, 0.2) is 65.1 Å². The second kappa shape index (κ2) is 9.30. The number of carbonyl (C=O) groups excluding carboxylic acids is 2. The van der Waals surface area contributed by atoms with E-state index in [1.54, 1.807) is 60.7 Å². The maximum Gasteiger partial charge on any atom is 0.316 e. The molecule has 152 valence electrons. The van der Waals surface area contributed by atoms with Crippen LogP contribution in [-0.2, 0) is 6.61 Å². The first-order valence-electron chi connectivity index (χ1n) is 9.14. The van der Waals surface area contributed by atoms with Crippen LogP contribution < -0.4 is 21.1 Å². The SMILES string of the molecule is CC(NC(=O)c1ccc(COc2ccccc2C#N)o1)c1ccc(NC(N)=O)cc1. The molecular weight excluding hydrogens is 384 g/mol. The van der Waals surface area contributed by atoms with Crippen LogP contribution in [0.25, 0.3) is 0 Å². The fraction of sp³-hybridized carbons (Fsp3) is 0.136. The summed E-state index contributed by atoms with van der Waals surface area (Å²) < 4.78 is 11.2. The molecule has 0 aliphatic carbocycles. The van der Waals surface area contributed by atoms with E-state index in [0.29, 0.717) is 22.8 Å². The van der Waals surface area contributed by atoms with Crippen LogP contribution in [0.2, 0.25) is 0 Å². The van der Waals surface area contributed by atoms with E-state index in [4.69, 9.17) is 20.1 Å². The zero-order chi connectivity index (χ0) is 21.5. The summed E-state index contributed by atoms with van der Waals surface area (Å²) in [5.41, 5.74) is 6.92. The van der Waals surface area contributed by atoms with Crippen molar-refractivity contribution in [2.75, 3.05) is 5.32 Å². The van der Waals surface area contributed by atoms with Crippen LogP contribution in [0.3, 0.4) is 0 Å². The number of hydrogen-bond acceptors (Lipinski definition) is 5. The molecule has 2 aromatic carbocycles. The van der Waals surface area contributed by atoms with E-state index in [1.807, 2.05) is 6.92 Å². The van der Waals surface area contributed by atoms with E-state index in [2.05, 4.69) is 16.7 Å². The van der Waals surface area contributed by atoms with Crippen LogP contribution >= 0.6 is 0 Å². The Morgan fingerprint density at radius 2 is 1.87 bits per heavy atom. The Morgan fingerprint density at radius 1 is 1.13 bits per heavy atom. The van der Waals surface area contributed by atoms with E-state index < -0.39 is 6.03 Å². The number of nitrogens with one attached hydrogen (secondary N) is 2. The van der Waals surface area contributed by atoms with Crippen LogP contribution in [0.4, 0.5) is 10.5 Å². The molecule has 3 aromatic rings. The Bertz CT molecular complexity index is 1080. The van der Waals surface area contributed by atoms with Crippen molar-refractivity contribution in [3.05, 3.63) is 83.3 Å². The van der Waals surface area contributed by atoms with E-state index in [9.17, 15) is 9.59 Å². The summed E-state index contributed by atoms with van der Waals surface area (Å²) in [6.45, 7) is 1.93. The standard InChI is InChI=1S/C22H20N4O4/c1-14(15-6-8-17(9-7-15)26-22(24)28)25-21(27)20-11-10-18(30-20)13-29-19-5-3-2-4-16(19)12-23/h2-11,14H,13H2,1H3,(H,25,27)(H3,24,26,28). The lowest BCUT2D eigenvalue weighted by atomic mass is 10.1. The van der Waals surface area contributed by atoms with Gasteiger partial charge in [0.15, 0.2) is 5.76 Å². The van der Waals surface area contributed by atoms with Gasteiger partial charge in [-0.3, -0.25) is 4.79 Å². The number of furan rings is 1. The largest absolute Gasteiger partial charge is 0.484 e. The first-order valence-corrected chi connectivity index (χ1v) is 9.14. The summed E-state index contributed by atoms with van der Waals surface area (Å²) in [5, 5.41) is 14.4. The highest BCUT2D eigenvalue weighted by atomic mass is 16.5. The Hall–Kier alpha value is -4.25.